The van der Waals surface area contributed by atoms with E-state index in [1.807, 2.05) is 30.3 Å². The quantitative estimate of drug-likeness (QED) is 0.573. The van der Waals surface area contributed by atoms with Crippen molar-refractivity contribution in [3.63, 3.8) is 0 Å². The zero-order chi connectivity index (χ0) is 12.3. The third kappa shape index (κ3) is 2.84. The van der Waals surface area contributed by atoms with Crippen LogP contribution in [0, 0.1) is 5.92 Å². The van der Waals surface area contributed by atoms with Crippen LogP contribution in [-0.2, 0) is 6.42 Å². The molecule has 17 heavy (non-hydrogen) atoms. The van der Waals surface area contributed by atoms with E-state index in [1.165, 1.54) is 0 Å². The van der Waals surface area contributed by atoms with Crippen LogP contribution in [0.3, 0.4) is 0 Å². The van der Waals surface area contributed by atoms with Crippen molar-refractivity contribution in [2.24, 2.45) is 5.92 Å². The highest BCUT2D eigenvalue weighted by atomic mass is 16.3. The summed E-state index contributed by atoms with van der Waals surface area (Å²) in [6.45, 7) is 0.248. The number of hydrogen-bond donors (Lipinski definition) is 4. The molecule has 4 atom stereocenters. The van der Waals surface area contributed by atoms with E-state index in [2.05, 4.69) is 5.32 Å². The Labute approximate surface area is 101 Å². The van der Waals surface area contributed by atoms with Crippen molar-refractivity contribution in [2.75, 3.05) is 13.2 Å². The number of aliphatic hydroxyl groups excluding tert-OH is 3. The highest BCUT2D eigenvalue weighted by Gasteiger charge is 2.36. The Morgan fingerprint density at radius 1 is 1.18 bits per heavy atom. The van der Waals surface area contributed by atoms with Crippen molar-refractivity contribution in [1.29, 1.82) is 0 Å². The largest absolute Gasteiger partial charge is 0.396 e. The fourth-order valence-electron chi connectivity index (χ4n) is 2.39. The highest BCUT2D eigenvalue weighted by molar-refractivity contribution is 5.16. The molecular weight excluding hydrogens is 218 g/mol. The predicted molar refractivity (Wildman–Crippen MR) is 64.5 cm³/mol. The van der Waals surface area contributed by atoms with Crippen molar-refractivity contribution in [2.45, 2.75) is 24.7 Å². The molecule has 1 fully saturated rings. The molecule has 0 saturated carbocycles. The molecule has 0 bridgehead atoms. The van der Waals surface area contributed by atoms with Gasteiger partial charge < -0.3 is 20.6 Å². The normalized spacial score (nSPS) is 33.6. The second kappa shape index (κ2) is 5.60. The molecule has 0 aliphatic carbocycles. The van der Waals surface area contributed by atoms with Gasteiger partial charge in [-0.2, -0.15) is 0 Å². The lowest BCUT2D eigenvalue weighted by atomic mass is 9.84. The first-order valence-electron chi connectivity index (χ1n) is 5.96. The fourth-order valence-corrected chi connectivity index (χ4v) is 2.39. The standard InChI is InChI=1S/C13H19NO3/c15-8-10-11(14-7-12(16)13(10)17)6-9-4-2-1-3-5-9/h1-5,10-17H,6-8H2/t10-,11+,12+,13+/m0/s1. The zero-order valence-corrected chi connectivity index (χ0v) is 9.66. The van der Waals surface area contributed by atoms with Crippen LogP contribution < -0.4 is 5.32 Å². The molecule has 1 aromatic carbocycles. The Hall–Kier alpha value is -0.940. The second-order valence-corrected chi connectivity index (χ2v) is 4.61. The molecule has 1 aliphatic rings. The van der Waals surface area contributed by atoms with Gasteiger partial charge in [0.15, 0.2) is 0 Å². The Morgan fingerprint density at radius 3 is 2.53 bits per heavy atom. The van der Waals surface area contributed by atoms with Crippen LogP contribution >= 0.6 is 0 Å². The van der Waals surface area contributed by atoms with Crippen LogP contribution in [-0.4, -0.2) is 46.7 Å². The van der Waals surface area contributed by atoms with Gasteiger partial charge in [-0.1, -0.05) is 30.3 Å². The summed E-state index contributed by atoms with van der Waals surface area (Å²) in [4.78, 5) is 0. The summed E-state index contributed by atoms with van der Waals surface area (Å²) < 4.78 is 0. The van der Waals surface area contributed by atoms with E-state index < -0.39 is 12.2 Å². The minimum Gasteiger partial charge on any atom is -0.396 e. The lowest BCUT2D eigenvalue weighted by Crippen LogP contribution is -2.58. The second-order valence-electron chi connectivity index (χ2n) is 4.61. The summed E-state index contributed by atoms with van der Waals surface area (Å²) >= 11 is 0. The number of aliphatic hydroxyl groups is 3. The molecule has 1 saturated heterocycles. The molecule has 4 N–H and O–H groups in total. The van der Waals surface area contributed by atoms with Crippen molar-refractivity contribution in [1.82, 2.24) is 5.32 Å². The molecule has 4 heteroatoms. The number of rotatable bonds is 3. The number of piperidine rings is 1. The molecular formula is C13H19NO3. The van der Waals surface area contributed by atoms with E-state index in [1.54, 1.807) is 0 Å². The molecule has 1 heterocycles. The van der Waals surface area contributed by atoms with Gasteiger partial charge in [0.25, 0.3) is 0 Å². The number of hydrogen-bond acceptors (Lipinski definition) is 4. The van der Waals surface area contributed by atoms with E-state index in [-0.39, 0.29) is 18.6 Å². The first-order valence-corrected chi connectivity index (χ1v) is 5.96. The van der Waals surface area contributed by atoms with Gasteiger partial charge in [-0.05, 0) is 12.0 Å². The maximum atomic E-state index is 9.84. The van der Waals surface area contributed by atoms with Gasteiger partial charge in [-0.25, -0.2) is 0 Å². The van der Waals surface area contributed by atoms with Gasteiger partial charge in [0.05, 0.1) is 12.2 Å². The first-order chi connectivity index (χ1) is 8.22. The fraction of sp³-hybridized carbons (Fsp3) is 0.538. The van der Waals surface area contributed by atoms with Crippen molar-refractivity contribution >= 4 is 0 Å². The lowest BCUT2D eigenvalue weighted by Gasteiger charge is -2.38. The average molecular weight is 237 g/mol. The van der Waals surface area contributed by atoms with E-state index in [9.17, 15) is 15.3 Å². The van der Waals surface area contributed by atoms with Crippen LogP contribution in [0.4, 0.5) is 0 Å². The zero-order valence-electron chi connectivity index (χ0n) is 9.66. The molecule has 2 rings (SSSR count). The summed E-state index contributed by atoms with van der Waals surface area (Å²) in [7, 11) is 0. The summed E-state index contributed by atoms with van der Waals surface area (Å²) in [5, 5.41) is 31.9. The molecule has 1 aliphatic heterocycles. The number of nitrogens with one attached hydrogen (secondary N) is 1. The van der Waals surface area contributed by atoms with E-state index in [0.717, 1.165) is 12.0 Å². The van der Waals surface area contributed by atoms with Crippen LogP contribution in [0.15, 0.2) is 30.3 Å². The predicted octanol–water partition coefficient (Wildman–Crippen LogP) is -0.469. The molecule has 0 aromatic heterocycles. The SMILES string of the molecule is OC[C@@H]1[C@@H](O)[C@H](O)CN[C@@H]1Cc1ccccc1. The molecule has 94 valence electrons. The van der Waals surface area contributed by atoms with E-state index in [4.69, 9.17) is 0 Å². The lowest BCUT2D eigenvalue weighted by molar-refractivity contribution is -0.0664. The summed E-state index contributed by atoms with van der Waals surface area (Å²) in [5.74, 6) is -0.320. The monoisotopic (exact) mass is 237 g/mol. The van der Waals surface area contributed by atoms with Gasteiger partial charge in [-0.15, -0.1) is 0 Å². The molecule has 0 spiro atoms. The van der Waals surface area contributed by atoms with Gasteiger partial charge in [-0.3, -0.25) is 0 Å². The summed E-state index contributed by atoms with van der Waals surface area (Å²) in [6.07, 6.45) is -0.898. The Bertz CT molecular complexity index is 344. The van der Waals surface area contributed by atoms with Crippen LogP contribution in [0.2, 0.25) is 0 Å². The third-order valence-electron chi connectivity index (χ3n) is 3.45. The average Bonchev–Trinajstić information content (AvgIpc) is 2.36. The molecule has 4 nitrogen and oxygen atoms in total. The summed E-state index contributed by atoms with van der Waals surface area (Å²) in [6, 6.07) is 9.94. The topological polar surface area (TPSA) is 72.7 Å². The smallest absolute Gasteiger partial charge is 0.0927 e. The Kier molecular flexibility index (Phi) is 4.12. The Balaban J connectivity index is 2.05. The summed E-state index contributed by atoms with van der Waals surface area (Å²) in [5.41, 5.74) is 1.16. The Morgan fingerprint density at radius 2 is 1.88 bits per heavy atom. The molecule has 1 aromatic rings. The van der Waals surface area contributed by atoms with Gasteiger partial charge in [0, 0.05) is 25.1 Å². The van der Waals surface area contributed by atoms with Gasteiger partial charge >= 0.3 is 0 Å². The van der Waals surface area contributed by atoms with Crippen molar-refractivity contribution in [3.05, 3.63) is 35.9 Å². The van der Waals surface area contributed by atoms with Crippen LogP contribution in [0.25, 0.3) is 0 Å². The number of β-amino-alcohol motifs (C(OH)–C–C–N with tert-alkyl or cyclic N) is 1. The molecule has 0 amide bonds. The van der Waals surface area contributed by atoms with Crippen molar-refractivity contribution in [3.8, 4) is 0 Å². The van der Waals surface area contributed by atoms with Gasteiger partial charge in [0.1, 0.15) is 0 Å². The van der Waals surface area contributed by atoms with Gasteiger partial charge in [0.2, 0.25) is 0 Å². The third-order valence-corrected chi connectivity index (χ3v) is 3.45. The maximum Gasteiger partial charge on any atom is 0.0927 e. The van der Waals surface area contributed by atoms with Crippen LogP contribution in [0.1, 0.15) is 5.56 Å². The highest BCUT2D eigenvalue weighted by Crippen LogP contribution is 2.20. The number of benzene rings is 1. The minimum absolute atomic E-state index is 0.000741. The van der Waals surface area contributed by atoms with E-state index in [0.29, 0.717) is 6.54 Å². The van der Waals surface area contributed by atoms with Crippen molar-refractivity contribution < 1.29 is 15.3 Å². The van der Waals surface area contributed by atoms with Crippen LogP contribution in [0.5, 0.6) is 0 Å². The maximum absolute atomic E-state index is 9.84. The molecule has 0 radical (unpaired) electrons. The van der Waals surface area contributed by atoms with E-state index >= 15 is 0 Å². The first kappa shape index (κ1) is 12.5. The molecule has 0 unspecified atom stereocenters. The minimum atomic E-state index is -0.852.